The lowest BCUT2D eigenvalue weighted by molar-refractivity contribution is 0.989. The molecular weight excluding hydrogens is 420 g/mol. The van der Waals surface area contributed by atoms with Gasteiger partial charge in [-0.15, -0.1) is 0 Å². The fourth-order valence-corrected chi connectivity index (χ4v) is 3.47. The first-order valence-corrected chi connectivity index (χ1v) is 10.3. The van der Waals surface area contributed by atoms with E-state index < -0.39 is 0 Å². The van der Waals surface area contributed by atoms with Crippen LogP contribution < -0.4 is 10.0 Å². The van der Waals surface area contributed by atoms with E-state index in [1.807, 2.05) is 58.5 Å². The molecule has 0 radical (unpaired) electrons. The van der Waals surface area contributed by atoms with Crippen molar-refractivity contribution in [2.24, 2.45) is 0 Å². The number of nitriles is 4. The van der Waals surface area contributed by atoms with Gasteiger partial charge in [-0.1, -0.05) is 0 Å². The van der Waals surface area contributed by atoms with Gasteiger partial charge in [0.1, 0.15) is 0 Å². The monoisotopic (exact) mass is 436 g/mol. The van der Waals surface area contributed by atoms with Gasteiger partial charge < -0.3 is 0 Å². The molecule has 6 heteroatoms. The molecule has 34 heavy (non-hydrogen) atoms. The highest BCUT2D eigenvalue weighted by Gasteiger charge is 2.22. The van der Waals surface area contributed by atoms with Crippen LogP contribution in [0.15, 0.2) is 97.1 Å². The zero-order valence-electron chi connectivity index (χ0n) is 17.9. The summed E-state index contributed by atoms with van der Waals surface area (Å²) < 4.78 is 0. The van der Waals surface area contributed by atoms with Gasteiger partial charge in [0.05, 0.1) is 69.3 Å². The molecule has 0 saturated carbocycles. The van der Waals surface area contributed by atoms with E-state index in [1.165, 1.54) is 0 Å². The van der Waals surface area contributed by atoms with E-state index >= 15 is 0 Å². The lowest BCUT2D eigenvalue weighted by Gasteiger charge is -2.38. The summed E-state index contributed by atoms with van der Waals surface area (Å²) in [6.07, 6.45) is 0. The molecule has 0 aliphatic carbocycles. The second-order valence-electron chi connectivity index (χ2n) is 7.26. The maximum absolute atomic E-state index is 9.25. The third-order valence-electron chi connectivity index (χ3n) is 5.16. The quantitative estimate of drug-likeness (QED) is 0.352. The molecule has 0 heterocycles. The molecule has 4 rings (SSSR count). The van der Waals surface area contributed by atoms with Crippen LogP contribution in [0.4, 0.5) is 22.7 Å². The molecule has 0 saturated heterocycles. The molecule has 4 aromatic carbocycles. The van der Waals surface area contributed by atoms with Crippen LogP contribution in [-0.2, 0) is 0 Å². The Balaban J connectivity index is 1.94. The molecule has 0 aliphatic heterocycles. The third kappa shape index (κ3) is 4.39. The topological polar surface area (TPSA) is 102 Å². The summed E-state index contributed by atoms with van der Waals surface area (Å²) in [5.41, 5.74) is 5.24. The Morgan fingerprint density at radius 3 is 0.647 bits per heavy atom. The maximum atomic E-state index is 9.25. The average molecular weight is 436 g/mol. The molecule has 0 atom stereocenters. The highest BCUT2D eigenvalue weighted by atomic mass is 15.6. The SMILES string of the molecule is N#Cc1ccc(N(c2ccc(C#N)cc2)N(c2ccc(C#N)cc2)c2ccc(C#N)cc2)cc1. The molecular formula is C28H16N6. The van der Waals surface area contributed by atoms with E-state index in [2.05, 4.69) is 24.3 Å². The lowest BCUT2D eigenvalue weighted by atomic mass is 10.1. The fraction of sp³-hybridized carbons (Fsp3) is 0. The summed E-state index contributed by atoms with van der Waals surface area (Å²) in [5, 5.41) is 40.9. The Labute approximate surface area is 197 Å². The molecule has 0 aromatic heterocycles. The van der Waals surface area contributed by atoms with Crippen LogP contribution >= 0.6 is 0 Å². The number of hydrazine groups is 1. The zero-order valence-corrected chi connectivity index (χ0v) is 17.9. The van der Waals surface area contributed by atoms with Gasteiger partial charge in [-0.25, -0.2) is 10.0 Å². The van der Waals surface area contributed by atoms with Crippen LogP contribution in [0.2, 0.25) is 0 Å². The van der Waals surface area contributed by atoms with Crippen LogP contribution in [0.5, 0.6) is 0 Å². The van der Waals surface area contributed by atoms with Crippen LogP contribution in [0.1, 0.15) is 22.3 Å². The van der Waals surface area contributed by atoms with Crippen LogP contribution in [0.3, 0.4) is 0 Å². The average Bonchev–Trinajstić information content (AvgIpc) is 2.92. The third-order valence-corrected chi connectivity index (χ3v) is 5.16. The molecule has 0 aliphatic rings. The largest absolute Gasteiger partial charge is 0.249 e. The lowest BCUT2D eigenvalue weighted by Crippen LogP contribution is -2.35. The molecule has 4 aromatic rings. The molecule has 0 N–H and O–H groups in total. The van der Waals surface area contributed by atoms with E-state index in [9.17, 15) is 21.0 Å². The van der Waals surface area contributed by atoms with E-state index in [0.29, 0.717) is 22.3 Å². The van der Waals surface area contributed by atoms with Crippen molar-refractivity contribution < 1.29 is 0 Å². The van der Waals surface area contributed by atoms with Gasteiger partial charge >= 0.3 is 0 Å². The van der Waals surface area contributed by atoms with E-state index in [0.717, 1.165) is 22.7 Å². The Morgan fingerprint density at radius 1 is 0.324 bits per heavy atom. The normalized spacial score (nSPS) is 9.65. The molecule has 0 fully saturated rings. The molecule has 6 nitrogen and oxygen atoms in total. The van der Waals surface area contributed by atoms with Crippen molar-refractivity contribution >= 4 is 22.7 Å². The number of rotatable bonds is 5. The smallest absolute Gasteiger partial charge is 0.0991 e. The summed E-state index contributed by atoms with van der Waals surface area (Å²) >= 11 is 0. The summed E-state index contributed by atoms with van der Waals surface area (Å²) in [5.74, 6) is 0. The van der Waals surface area contributed by atoms with Crippen molar-refractivity contribution in [3.8, 4) is 24.3 Å². The first kappa shape index (κ1) is 21.7. The van der Waals surface area contributed by atoms with Gasteiger partial charge in [-0.05, 0) is 97.1 Å². The Morgan fingerprint density at radius 2 is 0.500 bits per heavy atom. The Hall–Kier alpha value is -5.56. The van der Waals surface area contributed by atoms with Gasteiger partial charge in [0.15, 0.2) is 0 Å². The highest BCUT2D eigenvalue weighted by molar-refractivity contribution is 5.78. The minimum atomic E-state index is 0.534. The van der Waals surface area contributed by atoms with E-state index in [-0.39, 0.29) is 0 Å². The van der Waals surface area contributed by atoms with Crippen molar-refractivity contribution in [2.45, 2.75) is 0 Å². The van der Waals surface area contributed by atoms with E-state index in [1.54, 1.807) is 48.5 Å². The van der Waals surface area contributed by atoms with Gasteiger partial charge in [0, 0.05) is 0 Å². The number of nitrogens with zero attached hydrogens (tertiary/aromatic N) is 6. The minimum absolute atomic E-state index is 0.534. The standard InChI is InChI=1S/C28H16N6/c29-17-21-1-9-25(10-2-21)33(26-11-3-22(18-30)4-12-26)34(27-13-5-23(19-31)6-14-27)28-15-7-24(20-32)8-16-28/h1-16H. The first-order chi connectivity index (χ1) is 16.7. The van der Waals surface area contributed by atoms with Crippen molar-refractivity contribution in [2.75, 3.05) is 10.0 Å². The molecule has 0 bridgehead atoms. The van der Waals surface area contributed by atoms with Gasteiger partial charge in [-0.3, -0.25) is 0 Å². The molecule has 0 unspecified atom stereocenters. The van der Waals surface area contributed by atoms with Gasteiger partial charge in [0.2, 0.25) is 0 Å². The summed E-state index contributed by atoms with van der Waals surface area (Å²) in [6.45, 7) is 0. The second-order valence-corrected chi connectivity index (χ2v) is 7.26. The molecule has 158 valence electrons. The van der Waals surface area contributed by atoms with Gasteiger partial charge in [-0.2, -0.15) is 21.0 Å². The predicted octanol–water partition coefficient (Wildman–Crippen LogP) is 6.06. The van der Waals surface area contributed by atoms with Crippen molar-refractivity contribution in [3.05, 3.63) is 119 Å². The first-order valence-electron chi connectivity index (χ1n) is 10.3. The second kappa shape index (κ2) is 9.71. The van der Waals surface area contributed by atoms with Crippen LogP contribution in [0.25, 0.3) is 0 Å². The number of hydrogen-bond acceptors (Lipinski definition) is 6. The number of hydrogen-bond donors (Lipinski definition) is 0. The molecule has 0 amide bonds. The van der Waals surface area contributed by atoms with Gasteiger partial charge in [0.25, 0.3) is 0 Å². The Bertz CT molecular complexity index is 1230. The number of benzene rings is 4. The van der Waals surface area contributed by atoms with Crippen molar-refractivity contribution in [3.63, 3.8) is 0 Å². The minimum Gasteiger partial charge on any atom is -0.249 e. The predicted molar refractivity (Wildman–Crippen MR) is 129 cm³/mol. The van der Waals surface area contributed by atoms with Crippen molar-refractivity contribution in [1.29, 1.82) is 21.0 Å². The highest BCUT2D eigenvalue weighted by Crippen LogP contribution is 2.37. The summed E-state index contributed by atoms with van der Waals surface area (Å²) in [6, 6.07) is 37.2. The summed E-state index contributed by atoms with van der Waals surface area (Å²) in [7, 11) is 0. The Kier molecular flexibility index (Phi) is 6.19. The van der Waals surface area contributed by atoms with E-state index in [4.69, 9.17) is 0 Å². The van der Waals surface area contributed by atoms with Crippen molar-refractivity contribution in [1.82, 2.24) is 0 Å². The number of anilines is 4. The fourth-order valence-electron chi connectivity index (χ4n) is 3.47. The van der Waals surface area contributed by atoms with Crippen LogP contribution in [0, 0.1) is 45.3 Å². The zero-order chi connectivity index (χ0) is 23.9. The summed E-state index contributed by atoms with van der Waals surface area (Å²) in [4.78, 5) is 0. The van der Waals surface area contributed by atoms with Crippen LogP contribution in [-0.4, -0.2) is 0 Å². The maximum Gasteiger partial charge on any atom is 0.0991 e. The molecule has 0 spiro atoms.